The van der Waals surface area contributed by atoms with Gasteiger partial charge in [0.15, 0.2) is 6.39 Å². The van der Waals surface area contributed by atoms with E-state index >= 15 is 0 Å². The Kier molecular flexibility index (Phi) is 3.96. The second-order valence-corrected chi connectivity index (χ2v) is 4.48. The van der Waals surface area contributed by atoms with Gasteiger partial charge in [0.05, 0.1) is 12.2 Å². The Morgan fingerprint density at radius 3 is 2.78 bits per heavy atom. The van der Waals surface area contributed by atoms with Crippen LogP contribution < -0.4 is 5.32 Å². The van der Waals surface area contributed by atoms with E-state index in [4.69, 9.17) is 4.42 Å². The Morgan fingerprint density at radius 2 is 2.22 bits per heavy atom. The van der Waals surface area contributed by atoms with Crippen LogP contribution in [0.3, 0.4) is 0 Å². The number of nitrogens with one attached hydrogen (secondary N) is 1. The molecule has 2 heterocycles. The van der Waals surface area contributed by atoms with Crippen molar-refractivity contribution in [3.05, 3.63) is 18.4 Å². The Hall–Kier alpha value is -1.85. The van der Waals surface area contributed by atoms with Crippen molar-refractivity contribution >= 4 is 11.8 Å². The summed E-state index contributed by atoms with van der Waals surface area (Å²) < 4.78 is 4.83. The maximum Gasteiger partial charge on any atom is 0.223 e. The molecule has 0 radical (unpaired) electrons. The summed E-state index contributed by atoms with van der Waals surface area (Å²) in [6, 6.07) is 0. The molecule has 6 heteroatoms. The van der Waals surface area contributed by atoms with Crippen molar-refractivity contribution in [1.29, 1.82) is 0 Å². The maximum absolute atomic E-state index is 11.9. The van der Waals surface area contributed by atoms with Gasteiger partial charge in [0.2, 0.25) is 11.8 Å². The van der Waals surface area contributed by atoms with Crippen LogP contribution in [0.2, 0.25) is 0 Å². The standard InChI is InChI=1S/C12H17N3O3/c1-9(16)15-4-2-10(3-5-15)12(17)13-6-11-7-18-8-14-11/h7-8,10H,2-6H2,1H3,(H,13,17). The average molecular weight is 251 g/mol. The quantitative estimate of drug-likeness (QED) is 0.851. The minimum atomic E-state index is -0.00694. The highest BCUT2D eigenvalue weighted by Crippen LogP contribution is 2.17. The van der Waals surface area contributed by atoms with Gasteiger partial charge in [-0.05, 0) is 12.8 Å². The summed E-state index contributed by atoms with van der Waals surface area (Å²) in [5.74, 6) is 0.102. The Balaban J connectivity index is 1.75. The van der Waals surface area contributed by atoms with Crippen LogP contribution in [0.1, 0.15) is 25.5 Å². The first-order valence-corrected chi connectivity index (χ1v) is 6.07. The van der Waals surface area contributed by atoms with Crippen LogP contribution in [0.25, 0.3) is 0 Å². The fourth-order valence-corrected chi connectivity index (χ4v) is 2.10. The van der Waals surface area contributed by atoms with E-state index in [1.165, 1.54) is 12.7 Å². The summed E-state index contributed by atoms with van der Waals surface area (Å²) in [4.78, 5) is 28.8. The highest BCUT2D eigenvalue weighted by molar-refractivity contribution is 5.79. The first kappa shape index (κ1) is 12.6. The van der Waals surface area contributed by atoms with Gasteiger partial charge in [-0.1, -0.05) is 0 Å². The molecule has 0 bridgehead atoms. The summed E-state index contributed by atoms with van der Waals surface area (Å²) >= 11 is 0. The number of amides is 2. The van der Waals surface area contributed by atoms with Crippen LogP contribution in [0, 0.1) is 5.92 Å². The van der Waals surface area contributed by atoms with Crippen LogP contribution in [0.4, 0.5) is 0 Å². The van der Waals surface area contributed by atoms with E-state index in [0.717, 1.165) is 12.8 Å². The molecule has 0 unspecified atom stereocenters. The molecule has 2 amide bonds. The number of piperidine rings is 1. The van der Waals surface area contributed by atoms with Crippen LogP contribution in [-0.4, -0.2) is 34.8 Å². The first-order chi connectivity index (χ1) is 8.66. The fraction of sp³-hybridized carbons (Fsp3) is 0.583. The molecule has 1 aliphatic heterocycles. The molecule has 1 aromatic heterocycles. The van der Waals surface area contributed by atoms with Crippen LogP contribution in [0.5, 0.6) is 0 Å². The van der Waals surface area contributed by atoms with E-state index in [2.05, 4.69) is 10.3 Å². The van der Waals surface area contributed by atoms with E-state index in [-0.39, 0.29) is 17.7 Å². The maximum atomic E-state index is 11.9. The van der Waals surface area contributed by atoms with E-state index in [9.17, 15) is 9.59 Å². The predicted octanol–water partition coefficient (Wildman–Crippen LogP) is 0.549. The summed E-state index contributed by atoms with van der Waals surface area (Å²) in [7, 11) is 0. The van der Waals surface area contributed by atoms with Gasteiger partial charge in [-0.15, -0.1) is 0 Å². The predicted molar refractivity (Wildman–Crippen MR) is 63.3 cm³/mol. The van der Waals surface area contributed by atoms with Gasteiger partial charge >= 0.3 is 0 Å². The van der Waals surface area contributed by atoms with Gasteiger partial charge < -0.3 is 14.6 Å². The molecular formula is C12H17N3O3. The van der Waals surface area contributed by atoms with Gasteiger partial charge in [0, 0.05) is 25.9 Å². The van der Waals surface area contributed by atoms with Crippen molar-refractivity contribution in [2.75, 3.05) is 13.1 Å². The zero-order valence-corrected chi connectivity index (χ0v) is 10.4. The lowest BCUT2D eigenvalue weighted by molar-refractivity contribution is -0.134. The number of hydrogen-bond acceptors (Lipinski definition) is 4. The number of hydrogen-bond donors (Lipinski definition) is 1. The van der Waals surface area contributed by atoms with Crippen molar-refractivity contribution < 1.29 is 14.0 Å². The molecule has 0 atom stereocenters. The van der Waals surface area contributed by atoms with Gasteiger partial charge in [0.1, 0.15) is 6.26 Å². The summed E-state index contributed by atoms with van der Waals surface area (Å²) in [6.07, 6.45) is 4.31. The molecule has 0 aliphatic carbocycles. The van der Waals surface area contributed by atoms with Crippen LogP contribution in [0.15, 0.2) is 17.1 Å². The minimum absolute atomic E-state index is 0.00694. The Morgan fingerprint density at radius 1 is 1.50 bits per heavy atom. The molecule has 0 saturated carbocycles. The lowest BCUT2D eigenvalue weighted by Gasteiger charge is -2.30. The Bertz CT molecular complexity index is 408. The second kappa shape index (κ2) is 5.66. The van der Waals surface area contributed by atoms with E-state index in [0.29, 0.717) is 25.3 Å². The number of likely N-dealkylation sites (tertiary alicyclic amines) is 1. The molecule has 1 aliphatic rings. The third kappa shape index (κ3) is 3.09. The van der Waals surface area contributed by atoms with E-state index in [1.54, 1.807) is 11.8 Å². The second-order valence-electron chi connectivity index (χ2n) is 4.48. The first-order valence-electron chi connectivity index (χ1n) is 6.07. The molecule has 2 rings (SSSR count). The lowest BCUT2D eigenvalue weighted by atomic mass is 9.96. The molecule has 1 fully saturated rings. The lowest BCUT2D eigenvalue weighted by Crippen LogP contribution is -2.42. The monoisotopic (exact) mass is 251 g/mol. The Labute approximate surface area is 105 Å². The summed E-state index contributed by atoms with van der Waals surface area (Å²) in [6.45, 7) is 3.28. The number of aromatic nitrogens is 1. The van der Waals surface area contributed by atoms with Gasteiger partial charge in [-0.3, -0.25) is 9.59 Å². The largest absolute Gasteiger partial charge is 0.451 e. The number of carbonyl (C=O) groups excluding carboxylic acids is 2. The highest BCUT2D eigenvalue weighted by atomic mass is 16.3. The van der Waals surface area contributed by atoms with Crippen molar-refractivity contribution in [2.24, 2.45) is 5.92 Å². The van der Waals surface area contributed by atoms with E-state index in [1.807, 2.05) is 0 Å². The number of rotatable bonds is 3. The third-order valence-corrected chi connectivity index (χ3v) is 3.24. The van der Waals surface area contributed by atoms with Gasteiger partial charge in [-0.2, -0.15) is 0 Å². The van der Waals surface area contributed by atoms with Crippen molar-refractivity contribution in [1.82, 2.24) is 15.2 Å². The number of oxazole rings is 1. The normalized spacial score (nSPS) is 16.6. The summed E-state index contributed by atoms with van der Waals surface area (Å²) in [5.41, 5.74) is 0.713. The molecule has 0 spiro atoms. The molecule has 98 valence electrons. The molecule has 1 aromatic rings. The molecular weight excluding hydrogens is 234 g/mol. The van der Waals surface area contributed by atoms with Gasteiger partial charge in [-0.25, -0.2) is 4.98 Å². The van der Waals surface area contributed by atoms with Crippen LogP contribution >= 0.6 is 0 Å². The van der Waals surface area contributed by atoms with Gasteiger partial charge in [0.25, 0.3) is 0 Å². The van der Waals surface area contributed by atoms with Crippen LogP contribution in [-0.2, 0) is 16.1 Å². The van der Waals surface area contributed by atoms with E-state index < -0.39 is 0 Å². The van der Waals surface area contributed by atoms with Crippen molar-refractivity contribution in [3.63, 3.8) is 0 Å². The molecule has 6 nitrogen and oxygen atoms in total. The van der Waals surface area contributed by atoms with Crippen molar-refractivity contribution in [2.45, 2.75) is 26.3 Å². The molecule has 1 saturated heterocycles. The average Bonchev–Trinajstić information content (AvgIpc) is 2.89. The highest BCUT2D eigenvalue weighted by Gasteiger charge is 2.25. The molecule has 1 N–H and O–H groups in total. The fourth-order valence-electron chi connectivity index (χ4n) is 2.10. The minimum Gasteiger partial charge on any atom is -0.451 e. The zero-order chi connectivity index (χ0) is 13.0. The SMILES string of the molecule is CC(=O)N1CCC(C(=O)NCc2cocn2)CC1. The van der Waals surface area contributed by atoms with Crippen molar-refractivity contribution in [3.8, 4) is 0 Å². The topological polar surface area (TPSA) is 75.4 Å². The molecule has 0 aromatic carbocycles. The number of nitrogens with zero attached hydrogens (tertiary/aromatic N) is 2. The third-order valence-electron chi connectivity index (χ3n) is 3.24. The number of carbonyl (C=O) groups is 2. The smallest absolute Gasteiger partial charge is 0.223 e. The molecule has 18 heavy (non-hydrogen) atoms. The zero-order valence-electron chi connectivity index (χ0n) is 10.4. The summed E-state index contributed by atoms with van der Waals surface area (Å²) in [5, 5.41) is 2.83.